The number of benzene rings is 2. The number of amides is 1. The van der Waals surface area contributed by atoms with Crippen LogP contribution in [0.4, 0.5) is 5.13 Å². The second kappa shape index (κ2) is 14.0. The number of halogens is 1. The second-order valence-corrected chi connectivity index (χ2v) is 11.7. The fourth-order valence-electron chi connectivity index (χ4n) is 4.18. The summed E-state index contributed by atoms with van der Waals surface area (Å²) in [6.45, 7) is 18.9. The normalized spacial score (nSPS) is 11.5. The zero-order valence-electron chi connectivity index (χ0n) is 22.5. The van der Waals surface area contributed by atoms with E-state index in [2.05, 4.69) is 44.9 Å². The summed E-state index contributed by atoms with van der Waals surface area (Å²) in [5.74, 6) is -0.210. The Morgan fingerprint density at radius 2 is 1.61 bits per heavy atom. The molecule has 0 aliphatic rings. The maximum Gasteiger partial charge on any atom is 0.260 e. The molecule has 0 aliphatic carbocycles. The van der Waals surface area contributed by atoms with E-state index in [1.54, 1.807) is 17.0 Å². The molecule has 0 atom stereocenters. The minimum Gasteiger partial charge on any atom is -0.302 e. The summed E-state index contributed by atoms with van der Waals surface area (Å²) in [4.78, 5) is 22.7. The monoisotopic (exact) mass is 576 g/mol. The van der Waals surface area contributed by atoms with Crippen molar-refractivity contribution < 1.29 is 13.2 Å². The quantitative estimate of drug-likeness (QED) is 0.245. The Balaban J connectivity index is 0.00000507. The number of rotatable bonds is 13. The van der Waals surface area contributed by atoms with Gasteiger partial charge in [-0.3, -0.25) is 9.69 Å². The number of aryl methyl sites for hydroxylation is 2. The minimum absolute atomic E-state index is 0. The lowest BCUT2D eigenvalue weighted by Crippen LogP contribution is -2.39. The standard InChI is InChI=1S/C28H36N4O3S2.ClH/c1-7-15-31(16-8-2)37(34,35)24-13-11-23(12-14-24)27(33)32(18-17-30(9-3)10-4)28-29-25-20-21(5)19-22(6)26(25)36-28;/h7-8,11-14,19-20H,1-2,9-10,15-18H2,3-6H3;1H. The van der Waals surface area contributed by atoms with Crippen molar-refractivity contribution >= 4 is 55.0 Å². The molecule has 0 unspecified atom stereocenters. The van der Waals surface area contributed by atoms with Gasteiger partial charge in [0.2, 0.25) is 10.0 Å². The molecule has 3 aromatic rings. The van der Waals surface area contributed by atoms with Crippen molar-refractivity contribution in [1.29, 1.82) is 0 Å². The molecule has 1 aromatic heterocycles. The number of anilines is 1. The molecule has 1 heterocycles. The fraction of sp³-hybridized carbons (Fsp3) is 0.357. The number of thiazole rings is 1. The highest BCUT2D eigenvalue weighted by molar-refractivity contribution is 7.89. The van der Waals surface area contributed by atoms with Crippen LogP contribution in [0.3, 0.4) is 0 Å². The van der Waals surface area contributed by atoms with Crippen LogP contribution in [-0.2, 0) is 10.0 Å². The van der Waals surface area contributed by atoms with Crippen LogP contribution in [0.15, 0.2) is 66.6 Å². The zero-order chi connectivity index (χ0) is 27.2. The summed E-state index contributed by atoms with van der Waals surface area (Å²) in [7, 11) is -3.75. The van der Waals surface area contributed by atoms with Crippen molar-refractivity contribution in [1.82, 2.24) is 14.2 Å². The molecule has 0 spiro atoms. The van der Waals surface area contributed by atoms with Crippen molar-refractivity contribution in [3.8, 4) is 0 Å². The minimum atomic E-state index is -3.75. The molecular formula is C28H37ClN4O3S2. The van der Waals surface area contributed by atoms with Gasteiger partial charge < -0.3 is 4.90 Å². The van der Waals surface area contributed by atoms with E-state index in [1.807, 2.05) is 13.0 Å². The number of likely N-dealkylation sites (N-methyl/N-ethyl adjacent to an activating group) is 1. The molecule has 2 aromatic carbocycles. The molecule has 0 saturated heterocycles. The van der Waals surface area contributed by atoms with Gasteiger partial charge in [-0.05, 0) is 68.4 Å². The SMILES string of the molecule is C=CCN(CC=C)S(=O)(=O)c1ccc(C(=O)N(CCN(CC)CC)c2nc3cc(C)cc(C)c3s2)cc1.Cl. The van der Waals surface area contributed by atoms with Crippen molar-refractivity contribution in [2.75, 3.05) is 44.2 Å². The molecule has 38 heavy (non-hydrogen) atoms. The van der Waals surface area contributed by atoms with E-state index in [1.165, 1.54) is 39.9 Å². The van der Waals surface area contributed by atoms with E-state index in [0.717, 1.165) is 34.4 Å². The number of carbonyl (C=O) groups excluding carboxylic acids is 1. The molecule has 7 nitrogen and oxygen atoms in total. The first-order valence-corrected chi connectivity index (χ1v) is 14.7. The number of sulfonamides is 1. The molecule has 0 N–H and O–H groups in total. The highest BCUT2D eigenvalue weighted by Gasteiger charge is 2.25. The predicted octanol–water partition coefficient (Wildman–Crippen LogP) is 5.69. The molecule has 0 aliphatic heterocycles. The van der Waals surface area contributed by atoms with Crippen LogP contribution in [0.5, 0.6) is 0 Å². The first-order chi connectivity index (χ1) is 17.7. The Hall–Kier alpha value is -2.56. The van der Waals surface area contributed by atoms with E-state index in [-0.39, 0.29) is 36.3 Å². The van der Waals surface area contributed by atoms with Gasteiger partial charge in [0, 0.05) is 31.7 Å². The molecule has 0 bridgehead atoms. The topological polar surface area (TPSA) is 73.8 Å². The lowest BCUT2D eigenvalue weighted by molar-refractivity contribution is 0.0983. The molecule has 0 saturated carbocycles. The Bertz CT molecular complexity index is 1360. The number of hydrogen-bond acceptors (Lipinski definition) is 6. The van der Waals surface area contributed by atoms with Crippen molar-refractivity contribution in [3.63, 3.8) is 0 Å². The van der Waals surface area contributed by atoms with Gasteiger partial charge in [-0.2, -0.15) is 4.31 Å². The number of fused-ring (bicyclic) bond motifs is 1. The molecule has 0 fully saturated rings. The van der Waals surface area contributed by atoms with Gasteiger partial charge in [0.25, 0.3) is 5.91 Å². The summed E-state index contributed by atoms with van der Waals surface area (Å²) in [5.41, 5.74) is 3.54. The zero-order valence-corrected chi connectivity index (χ0v) is 25.0. The second-order valence-electron chi connectivity index (χ2n) is 8.83. The van der Waals surface area contributed by atoms with Gasteiger partial charge in [-0.25, -0.2) is 13.4 Å². The van der Waals surface area contributed by atoms with Gasteiger partial charge in [0.15, 0.2) is 5.13 Å². The number of hydrogen-bond donors (Lipinski definition) is 0. The number of carbonyl (C=O) groups is 1. The van der Waals surface area contributed by atoms with Gasteiger partial charge >= 0.3 is 0 Å². The largest absolute Gasteiger partial charge is 0.302 e. The smallest absolute Gasteiger partial charge is 0.260 e. The average Bonchev–Trinajstić information content (AvgIpc) is 3.30. The van der Waals surface area contributed by atoms with Crippen molar-refractivity contribution in [2.45, 2.75) is 32.6 Å². The van der Waals surface area contributed by atoms with E-state index in [9.17, 15) is 13.2 Å². The Labute approximate surface area is 236 Å². The first-order valence-electron chi connectivity index (χ1n) is 12.4. The maximum atomic E-state index is 13.8. The van der Waals surface area contributed by atoms with Gasteiger partial charge in [0.1, 0.15) is 0 Å². The van der Waals surface area contributed by atoms with Crippen LogP contribution in [0.1, 0.15) is 35.3 Å². The maximum absolute atomic E-state index is 13.8. The third-order valence-corrected chi connectivity index (χ3v) is 9.30. The predicted molar refractivity (Wildman–Crippen MR) is 161 cm³/mol. The van der Waals surface area contributed by atoms with E-state index in [0.29, 0.717) is 23.8 Å². The molecular weight excluding hydrogens is 540 g/mol. The number of aromatic nitrogens is 1. The molecule has 0 radical (unpaired) electrons. The third-order valence-electron chi connectivity index (χ3n) is 6.22. The summed E-state index contributed by atoms with van der Waals surface area (Å²) in [6.07, 6.45) is 3.07. The Kier molecular flexibility index (Phi) is 11.7. The van der Waals surface area contributed by atoms with E-state index >= 15 is 0 Å². The van der Waals surface area contributed by atoms with Crippen LogP contribution < -0.4 is 4.90 Å². The summed E-state index contributed by atoms with van der Waals surface area (Å²) < 4.78 is 28.5. The first kappa shape index (κ1) is 31.7. The van der Waals surface area contributed by atoms with E-state index < -0.39 is 10.0 Å². The van der Waals surface area contributed by atoms with E-state index in [4.69, 9.17) is 4.98 Å². The van der Waals surface area contributed by atoms with Crippen molar-refractivity contribution in [3.05, 3.63) is 78.4 Å². The van der Waals surface area contributed by atoms with Crippen molar-refractivity contribution in [2.24, 2.45) is 0 Å². The third kappa shape index (κ3) is 7.09. The van der Waals surface area contributed by atoms with Crippen LogP contribution in [-0.4, -0.2) is 67.8 Å². The fourth-order valence-corrected chi connectivity index (χ4v) is 6.60. The lowest BCUT2D eigenvalue weighted by atomic mass is 10.1. The van der Waals surface area contributed by atoms with Gasteiger partial charge in [0.05, 0.1) is 15.1 Å². The number of nitrogens with zero attached hydrogens (tertiary/aromatic N) is 4. The lowest BCUT2D eigenvalue weighted by Gasteiger charge is -2.25. The van der Waals surface area contributed by atoms with Crippen LogP contribution >= 0.6 is 23.7 Å². The van der Waals surface area contributed by atoms with Crippen LogP contribution in [0.2, 0.25) is 0 Å². The average molecular weight is 577 g/mol. The summed E-state index contributed by atoms with van der Waals surface area (Å²) in [6, 6.07) is 10.3. The summed E-state index contributed by atoms with van der Waals surface area (Å²) in [5, 5.41) is 0.640. The highest BCUT2D eigenvalue weighted by atomic mass is 35.5. The van der Waals surface area contributed by atoms with Crippen LogP contribution in [0.25, 0.3) is 10.2 Å². The van der Waals surface area contributed by atoms with Crippen LogP contribution in [0, 0.1) is 13.8 Å². The summed E-state index contributed by atoms with van der Waals surface area (Å²) >= 11 is 1.51. The van der Waals surface area contributed by atoms with Gasteiger partial charge in [-0.1, -0.05) is 43.4 Å². The Morgan fingerprint density at radius 1 is 1.00 bits per heavy atom. The van der Waals surface area contributed by atoms with Gasteiger partial charge in [-0.15, -0.1) is 25.6 Å². The highest BCUT2D eigenvalue weighted by Crippen LogP contribution is 2.33. The molecule has 3 rings (SSSR count). The molecule has 1 amide bonds. The molecule has 10 heteroatoms. The Morgan fingerprint density at radius 3 is 2.16 bits per heavy atom. The molecule has 206 valence electrons.